The van der Waals surface area contributed by atoms with Crippen molar-refractivity contribution < 1.29 is 24.2 Å². The van der Waals surface area contributed by atoms with Crippen molar-refractivity contribution in [3.8, 4) is 0 Å². The van der Waals surface area contributed by atoms with E-state index in [2.05, 4.69) is 5.32 Å². The Morgan fingerprint density at radius 3 is 2.41 bits per heavy atom. The molecule has 2 amide bonds. The fraction of sp³-hybridized carbons (Fsp3) is 0.800. The maximum absolute atomic E-state index is 12.3. The standard InChI is InChI=1S/C15H26N2O5/c1-9(2)8-22-15(21)17-7-5-6-11(17)13(18)16-12(10(3)4)14(19)20/h9-12H,5-8H2,1-4H3,(H,16,18)(H,19,20)/t11-,12-/m0/s1. The molecule has 0 aromatic rings. The number of hydrogen-bond acceptors (Lipinski definition) is 4. The number of nitrogens with one attached hydrogen (secondary N) is 1. The number of rotatable bonds is 6. The average Bonchev–Trinajstić information content (AvgIpc) is 2.90. The molecule has 1 saturated heterocycles. The van der Waals surface area contributed by atoms with Crippen LogP contribution in [0.1, 0.15) is 40.5 Å². The molecular weight excluding hydrogens is 288 g/mol. The summed E-state index contributed by atoms with van der Waals surface area (Å²) in [5.74, 6) is -1.52. The summed E-state index contributed by atoms with van der Waals surface area (Å²) in [7, 11) is 0. The molecule has 1 aliphatic rings. The molecule has 0 aliphatic carbocycles. The lowest BCUT2D eigenvalue weighted by Crippen LogP contribution is -2.52. The third kappa shape index (κ3) is 4.89. The first-order chi connectivity index (χ1) is 10.2. The van der Waals surface area contributed by atoms with E-state index in [1.807, 2.05) is 13.8 Å². The van der Waals surface area contributed by atoms with Crippen LogP contribution < -0.4 is 5.32 Å². The number of carboxylic acids is 1. The summed E-state index contributed by atoms with van der Waals surface area (Å²) in [6.07, 6.45) is 0.712. The van der Waals surface area contributed by atoms with E-state index in [-0.39, 0.29) is 11.8 Å². The zero-order valence-corrected chi connectivity index (χ0v) is 13.7. The van der Waals surface area contributed by atoms with Gasteiger partial charge in [-0.1, -0.05) is 27.7 Å². The van der Waals surface area contributed by atoms with Crippen molar-refractivity contribution in [1.82, 2.24) is 10.2 Å². The van der Waals surface area contributed by atoms with Gasteiger partial charge < -0.3 is 15.2 Å². The number of nitrogens with zero attached hydrogens (tertiary/aromatic N) is 1. The molecule has 0 unspecified atom stereocenters. The second-order valence-corrected chi connectivity index (χ2v) is 6.39. The van der Waals surface area contributed by atoms with Crippen molar-refractivity contribution in [1.29, 1.82) is 0 Å². The molecule has 0 saturated carbocycles. The molecular formula is C15H26N2O5. The molecule has 1 heterocycles. The van der Waals surface area contributed by atoms with Crippen LogP contribution in [-0.4, -0.2) is 53.2 Å². The lowest BCUT2D eigenvalue weighted by Gasteiger charge is -2.26. The number of aliphatic carboxylic acids is 1. The Hall–Kier alpha value is -1.79. The quantitative estimate of drug-likeness (QED) is 0.774. The third-order valence-corrected chi connectivity index (χ3v) is 3.56. The summed E-state index contributed by atoms with van der Waals surface area (Å²) in [6, 6.07) is -1.61. The van der Waals surface area contributed by atoms with Crippen LogP contribution in [0.25, 0.3) is 0 Å². The highest BCUT2D eigenvalue weighted by atomic mass is 16.6. The van der Waals surface area contributed by atoms with E-state index in [0.29, 0.717) is 26.0 Å². The van der Waals surface area contributed by atoms with Gasteiger partial charge in [0.25, 0.3) is 0 Å². The summed E-state index contributed by atoms with van der Waals surface area (Å²) in [5.41, 5.74) is 0. The number of amides is 2. The van der Waals surface area contributed by atoms with Crippen LogP contribution in [0.3, 0.4) is 0 Å². The zero-order valence-electron chi connectivity index (χ0n) is 13.7. The minimum absolute atomic E-state index is 0.219. The smallest absolute Gasteiger partial charge is 0.410 e. The second-order valence-electron chi connectivity index (χ2n) is 6.39. The Bertz CT molecular complexity index is 422. The third-order valence-electron chi connectivity index (χ3n) is 3.56. The minimum Gasteiger partial charge on any atom is -0.480 e. The molecule has 0 spiro atoms. The van der Waals surface area contributed by atoms with E-state index in [0.717, 1.165) is 0 Å². The van der Waals surface area contributed by atoms with Gasteiger partial charge in [-0.3, -0.25) is 9.69 Å². The van der Waals surface area contributed by atoms with E-state index in [9.17, 15) is 14.4 Å². The van der Waals surface area contributed by atoms with E-state index in [1.165, 1.54) is 4.90 Å². The highest BCUT2D eigenvalue weighted by Gasteiger charge is 2.37. The van der Waals surface area contributed by atoms with E-state index >= 15 is 0 Å². The van der Waals surface area contributed by atoms with Gasteiger partial charge in [0.05, 0.1) is 6.61 Å². The lowest BCUT2D eigenvalue weighted by atomic mass is 10.0. The molecule has 126 valence electrons. The highest BCUT2D eigenvalue weighted by molar-refractivity contribution is 5.89. The van der Waals surface area contributed by atoms with Gasteiger partial charge in [-0.2, -0.15) is 0 Å². The molecule has 0 bridgehead atoms. The van der Waals surface area contributed by atoms with Gasteiger partial charge in [-0.25, -0.2) is 9.59 Å². The summed E-state index contributed by atoms with van der Waals surface area (Å²) in [5, 5.41) is 11.7. The monoisotopic (exact) mass is 314 g/mol. The highest BCUT2D eigenvalue weighted by Crippen LogP contribution is 2.19. The Labute approximate surface area is 131 Å². The number of carboxylic acid groups (broad SMARTS) is 1. The van der Waals surface area contributed by atoms with Crippen molar-refractivity contribution in [2.24, 2.45) is 11.8 Å². The van der Waals surface area contributed by atoms with Crippen LogP contribution in [-0.2, 0) is 14.3 Å². The second kappa shape index (κ2) is 8.00. The molecule has 7 nitrogen and oxygen atoms in total. The molecule has 0 aromatic carbocycles. The van der Waals surface area contributed by atoms with Crippen molar-refractivity contribution in [2.75, 3.05) is 13.2 Å². The predicted octanol–water partition coefficient (Wildman–Crippen LogP) is 1.47. The maximum atomic E-state index is 12.3. The van der Waals surface area contributed by atoms with Crippen LogP contribution >= 0.6 is 0 Å². The van der Waals surface area contributed by atoms with Gasteiger partial charge >= 0.3 is 12.1 Å². The summed E-state index contributed by atoms with van der Waals surface area (Å²) in [4.78, 5) is 36.9. The Kier molecular flexibility index (Phi) is 6.64. The normalized spacial score (nSPS) is 19.4. The first-order valence-electron chi connectivity index (χ1n) is 7.70. The first-order valence-corrected chi connectivity index (χ1v) is 7.70. The molecule has 2 atom stereocenters. The van der Waals surface area contributed by atoms with Gasteiger partial charge in [-0.15, -0.1) is 0 Å². The SMILES string of the molecule is CC(C)COC(=O)N1CCC[C@H]1C(=O)N[C@H](C(=O)O)C(C)C. The zero-order chi connectivity index (χ0) is 16.9. The van der Waals surface area contributed by atoms with E-state index < -0.39 is 30.1 Å². The largest absolute Gasteiger partial charge is 0.480 e. The van der Waals surface area contributed by atoms with Gasteiger partial charge in [-0.05, 0) is 24.7 Å². The van der Waals surface area contributed by atoms with Gasteiger partial charge in [0.1, 0.15) is 12.1 Å². The summed E-state index contributed by atoms with van der Waals surface area (Å²) < 4.78 is 5.16. The number of carbonyl (C=O) groups is 3. The molecule has 0 aromatic heterocycles. The molecule has 1 fully saturated rings. The van der Waals surface area contributed by atoms with Crippen molar-refractivity contribution >= 4 is 18.0 Å². The first kappa shape index (κ1) is 18.3. The minimum atomic E-state index is -1.07. The van der Waals surface area contributed by atoms with Crippen molar-refractivity contribution in [2.45, 2.75) is 52.6 Å². The molecule has 2 N–H and O–H groups in total. The van der Waals surface area contributed by atoms with Crippen LogP contribution in [0.15, 0.2) is 0 Å². The topological polar surface area (TPSA) is 95.9 Å². The summed E-state index contributed by atoms with van der Waals surface area (Å²) >= 11 is 0. The van der Waals surface area contributed by atoms with E-state index in [1.54, 1.807) is 13.8 Å². The Morgan fingerprint density at radius 1 is 1.27 bits per heavy atom. The lowest BCUT2D eigenvalue weighted by molar-refractivity contribution is -0.143. The predicted molar refractivity (Wildman–Crippen MR) is 80.3 cm³/mol. The average molecular weight is 314 g/mol. The number of carbonyl (C=O) groups excluding carboxylic acids is 2. The van der Waals surface area contributed by atoms with Crippen LogP contribution in [0, 0.1) is 11.8 Å². The number of ether oxygens (including phenoxy) is 1. The number of hydrogen-bond donors (Lipinski definition) is 2. The fourth-order valence-corrected chi connectivity index (χ4v) is 2.34. The summed E-state index contributed by atoms with van der Waals surface area (Å²) in [6.45, 7) is 8.07. The maximum Gasteiger partial charge on any atom is 0.410 e. The van der Waals surface area contributed by atoms with Crippen molar-refractivity contribution in [3.05, 3.63) is 0 Å². The Balaban J connectivity index is 2.67. The molecule has 1 rings (SSSR count). The van der Waals surface area contributed by atoms with Crippen LogP contribution in [0.2, 0.25) is 0 Å². The number of likely N-dealkylation sites (tertiary alicyclic amines) is 1. The van der Waals surface area contributed by atoms with E-state index in [4.69, 9.17) is 9.84 Å². The molecule has 22 heavy (non-hydrogen) atoms. The molecule has 1 aliphatic heterocycles. The fourth-order valence-electron chi connectivity index (χ4n) is 2.34. The van der Waals surface area contributed by atoms with Gasteiger partial charge in [0, 0.05) is 6.54 Å². The van der Waals surface area contributed by atoms with Crippen LogP contribution in [0.4, 0.5) is 4.79 Å². The van der Waals surface area contributed by atoms with Gasteiger partial charge in [0.2, 0.25) is 5.91 Å². The molecule has 7 heteroatoms. The van der Waals surface area contributed by atoms with Crippen LogP contribution in [0.5, 0.6) is 0 Å². The Morgan fingerprint density at radius 2 is 1.91 bits per heavy atom. The molecule has 0 radical (unpaired) electrons. The van der Waals surface area contributed by atoms with Crippen molar-refractivity contribution in [3.63, 3.8) is 0 Å². The van der Waals surface area contributed by atoms with Gasteiger partial charge in [0.15, 0.2) is 0 Å².